The molecule has 1 aliphatic carbocycles. The largest absolute Gasteiger partial charge is 0.337 e. The lowest BCUT2D eigenvalue weighted by molar-refractivity contribution is 0.290. The molecule has 1 aliphatic heterocycles. The van der Waals surface area contributed by atoms with E-state index in [0.29, 0.717) is 6.04 Å². The van der Waals surface area contributed by atoms with E-state index in [4.69, 9.17) is 0 Å². The molecule has 2 unspecified atom stereocenters. The quantitative estimate of drug-likeness (QED) is 0.286. The van der Waals surface area contributed by atoms with E-state index in [0.717, 1.165) is 0 Å². The van der Waals surface area contributed by atoms with Gasteiger partial charge in [0.1, 0.15) is 0 Å². The van der Waals surface area contributed by atoms with Crippen LogP contribution in [-0.4, -0.2) is 6.04 Å². The van der Waals surface area contributed by atoms with Crippen molar-refractivity contribution in [3.63, 3.8) is 0 Å². The van der Waals surface area contributed by atoms with Gasteiger partial charge in [-0.2, -0.15) is 0 Å². The van der Waals surface area contributed by atoms with Gasteiger partial charge in [0.25, 0.3) is 0 Å². The molecule has 1 heteroatoms. The van der Waals surface area contributed by atoms with E-state index >= 15 is 0 Å². The van der Waals surface area contributed by atoms with Crippen LogP contribution in [0.5, 0.6) is 0 Å². The summed E-state index contributed by atoms with van der Waals surface area (Å²) in [5, 5.41) is 0. The summed E-state index contributed by atoms with van der Waals surface area (Å²) in [7, 11) is 0. The smallest absolute Gasteiger partial charge is 0.0453 e. The number of anilines is 2. The Kier molecular flexibility index (Phi) is 5.34. The fourth-order valence-electron chi connectivity index (χ4n) is 6.17. The maximum atomic E-state index is 2.62. The normalized spacial score (nSPS) is 21.0. The standard InChI is InChI=1S/C33H31N/c1-33-22-12-11-19-32(33)34(28-17-9-4-10-18-28)31-21-20-25(24-30(31)33)23-29(26-13-5-2-6-14-26)27-15-7-3-8-16-27/h2-10,13-18,20-21,23-24,32H,11-12,19,22H2,1H3. The molecule has 0 bridgehead atoms. The summed E-state index contributed by atoms with van der Waals surface area (Å²) in [5.74, 6) is 0. The van der Waals surface area contributed by atoms with E-state index in [1.165, 1.54) is 64.9 Å². The first-order chi connectivity index (χ1) is 16.7. The van der Waals surface area contributed by atoms with Crippen molar-refractivity contribution in [3.8, 4) is 0 Å². The van der Waals surface area contributed by atoms with Crippen molar-refractivity contribution >= 4 is 23.0 Å². The van der Waals surface area contributed by atoms with Crippen LogP contribution in [-0.2, 0) is 5.41 Å². The van der Waals surface area contributed by atoms with Gasteiger partial charge in [-0.3, -0.25) is 0 Å². The average Bonchev–Trinajstić information content (AvgIpc) is 3.17. The van der Waals surface area contributed by atoms with Gasteiger partial charge in [0.2, 0.25) is 0 Å². The summed E-state index contributed by atoms with van der Waals surface area (Å²) in [6.45, 7) is 2.50. The van der Waals surface area contributed by atoms with Gasteiger partial charge < -0.3 is 4.90 Å². The highest BCUT2D eigenvalue weighted by molar-refractivity contribution is 5.92. The Hall–Kier alpha value is -3.58. The van der Waals surface area contributed by atoms with Gasteiger partial charge in [-0.1, -0.05) is 105 Å². The van der Waals surface area contributed by atoms with Crippen molar-refractivity contribution < 1.29 is 0 Å². The number of hydrogen-bond donors (Lipinski definition) is 0. The monoisotopic (exact) mass is 441 g/mol. The van der Waals surface area contributed by atoms with Gasteiger partial charge in [0.05, 0.1) is 0 Å². The van der Waals surface area contributed by atoms with Crippen LogP contribution in [0.15, 0.2) is 109 Å². The SMILES string of the molecule is CC12CCCCC1N(c1ccccc1)c1ccc(C=C(c3ccccc3)c3ccccc3)cc12. The van der Waals surface area contributed by atoms with Crippen LogP contribution < -0.4 is 4.90 Å². The van der Waals surface area contributed by atoms with Crippen molar-refractivity contribution in [1.82, 2.24) is 0 Å². The van der Waals surface area contributed by atoms with Crippen molar-refractivity contribution in [1.29, 1.82) is 0 Å². The van der Waals surface area contributed by atoms with E-state index in [-0.39, 0.29) is 5.41 Å². The fourth-order valence-corrected chi connectivity index (χ4v) is 6.17. The molecule has 0 spiro atoms. The third-order valence-electron chi connectivity index (χ3n) is 7.88. The summed E-state index contributed by atoms with van der Waals surface area (Å²) < 4.78 is 0. The minimum atomic E-state index is 0.187. The lowest BCUT2D eigenvalue weighted by atomic mass is 9.69. The topological polar surface area (TPSA) is 3.24 Å². The first-order valence-electron chi connectivity index (χ1n) is 12.6. The molecule has 168 valence electrons. The highest BCUT2D eigenvalue weighted by Gasteiger charge is 2.49. The second kappa shape index (κ2) is 8.65. The van der Waals surface area contributed by atoms with Crippen LogP contribution in [0.25, 0.3) is 11.6 Å². The Morgan fingerprint density at radius 2 is 1.38 bits per heavy atom. The van der Waals surface area contributed by atoms with Gasteiger partial charge in [-0.25, -0.2) is 0 Å². The van der Waals surface area contributed by atoms with Crippen LogP contribution in [0, 0.1) is 0 Å². The summed E-state index contributed by atoms with van der Waals surface area (Å²) in [5.41, 5.74) is 9.45. The van der Waals surface area contributed by atoms with Gasteiger partial charge in [-0.05, 0) is 71.0 Å². The van der Waals surface area contributed by atoms with Gasteiger partial charge in [0, 0.05) is 22.8 Å². The van der Waals surface area contributed by atoms with Crippen LogP contribution in [0.1, 0.15) is 54.9 Å². The van der Waals surface area contributed by atoms with Crippen LogP contribution >= 0.6 is 0 Å². The Morgan fingerprint density at radius 1 is 0.765 bits per heavy atom. The first kappa shape index (κ1) is 21.0. The fraction of sp³-hybridized carbons (Fsp3) is 0.212. The van der Waals surface area contributed by atoms with Crippen molar-refractivity contribution in [2.24, 2.45) is 0 Å². The molecule has 0 N–H and O–H groups in total. The Morgan fingerprint density at radius 3 is 2.03 bits per heavy atom. The Bertz CT molecular complexity index is 1270. The minimum Gasteiger partial charge on any atom is -0.337 e. The molecule has 4 aromatic rings. The molecule has 0 amide bonds. The molecular weight excluding hydrogens is 410 g/mol. The Labute approximate surface area is 203 Å². The Balaban J connectivity index is 1.49. The van der Waals surface area contributed by atoms with Crippen LogP contribution in [0.4, 0.5) is 11.4 Å². The molecular formula is C33H31N. The molecule has 1 nitrogen and oxygen atoms in total. The first-order valence-corrected chi connectivity index (χ1v) is 12.6. The molecule has 1 heterocycles. The number of benzene rings is 4. The number of rotatable bonds is 4. The van der Waals surface area contributed by atoms with Crippen LogP contribution in [0.3, 0.4) is 0 Å². The molecule has 0 saturated heterocycles. The molecule has 1 fully saturated rings. The lowest BCUT2D eigenvalue weighted by Gasteiger charge is -2.40. The van der Waals surface area contributed by atoms with E-state index in [1.807, 2.05) is 0 Å². The van der Waals surface area contributed by atoms with Crippen molar-refractivity contribution in [3.05, 3.63) is 131 Å². The maximum Gasteiger partial charge on any atom is 0.0453 e. The van der Waals surface area contributed by atoms with E-state index in [2.05, 4.69) is 127 Å². The van der Waals surface area contributed by atoms with E-state index < -0.39 is 0 Å². The van der Waals surface area contributed by atoms with Crippen molar-refractivity contribution in [2.45, 2.75) is 44.1 Å². The highest BCUT2D eigenvalue weighted by Crippen LogP contribution is 2.54. The van der Waals surface area contributed by atoms with Gasteiger partial charge in [-0.15, -0.1) is 0 Å². The third kappa shape index (κ3) is 3.56. The zero-order chi connectivity index (χ0) is 23.0. The molecule has 0 aromatic heterocycles. The zero-order valence-electron chi connectivity index (χ0n) is 19.8. The molecule has 4 aromatic carbocycles. The molecule has 34 heavy (non-hydrogen) atoms. The molecule has 1 saturated carbocycles. The molecule has 2 aliphatic rings. The van der Waals surface area contributed by atoms with Gasteiger partial charge >= 0.3 is 0 Å². The number of hydrogen-bond acceptors (Lipinski definition) is 1. The minimum absolute atomic E-state index is 0.187. The number of para-hydroxylation sites is 1. The summed E-state index contributed by atoms with van der Waals surface area (Å²) >= 11 is 0. The lowest BCUT2D eigenvalue weighted by Crippen LogP contribution is -2.43. The zero-order valence-corrected chi connectivity index (χ0v) is 19.8. The van der Waals surface area contributed by atoms with Crippen molar-refractivity contribution in [2.75, 3.05) is 4.90 Å². The highest BCUT2D eigenvalue weighted by atomic mass is 15.2. The number of fused-ring (bicyclic) bond motifs is 3. The summed E-state index contributed by atoms with van der Waals surface area (Å²) in [6.07, 6.45) is 7.51. The molecule has 2 atom stereocenters. The number of nitrogens with zero attached hydrogens (tertiary/aromatic N) is 1. The summed E-state index contributed by atoms with van der Waals surface area (Å²) in [6, 6.07) is 40.2. The summed E-state index contributed by atoms with van der Waals surface area (Å²) in [4.78, 5) is 2.62. The predicted octanol–water partition coefficient (Wildman–Crippen LogP) is 8.63. The average molecular weight is 442 g/mol. The second-order valence-electron chi connectivity index (χ2n) is 9.95. The van der Waals surface area contributed by atoms with Gasteiger partial charge in [0.15, 0.2) is 0 Å². The predicted molar refractivity (Wildman–Crippen MR) is 144 cm³/mol. The van der Waals surface area contributed by atoms with E-state index in [1.54, 1.807) is 0 Å². The molecule has 0 radical (unpaired) electrons. The molecule has 6 rings (SSSR count). The van der Waals surface area contributed by atoms with Crippen LogP contribution in [0.2, 0.25) is 0 Å². The van der Waals surface area contributed by atoms with E-state index in [9.17, 15) is 0 Å². The third-order valence-corrected chi connectivity index (χ3v) is 7.88. The second-order valence-corrected chi connectivity index (χ2v) is 9.95. The maximum absolute atomic E-state index is 2.62.